The normalized spacial score (nSPS) is 20.2. The van der Waals surface area contributed by atoms with Crippen LogP contribution in [0.4, 0.5) is 19.0 Å². The molecule has 2 aromatic heterocycles. The van der Waals surface area contributed by atoms with Crippen LogP contribution < -0.4 is 5.32 Å². The molecule has 2 unspecified atom stereocenters. The van der Waals surface area contributed by atoms with Gasteiger partial charge in [-0.05, 0) is 67.5 Å². The van der Waals surface area contributed by atoms with E-state index in [1.54, 1.807) is 19.9 Å². The van der Waals surface area contributed by atoms with E-state index in [0.29, 0.717) is 47.2 Å². The maximum absolute atomic E-state index is 13.5. The van der Waals surface area contributed by atoms with Crippen molar-refractivity contribution in [2.24, 2.45) is 11.8 Å². The average molecular weight is 522 g/mol. The van der Waals surface area contributed by atoms with E-state index < -0.39 is 17.8 Å². The summed E-state index contributed by atoms with van der Waals surface area (Å²) in [5.41, 5.74) is 2.68. The van der Waals surface area contributed by atoms with Gasteiger partial charge >= 0.3 is 6.18 Å². The lowest BCUT2D eigenvalue weighted by Crippen LogP contribution is -2.40. The highest BCUT2D eigenvalue weighted by molar-refractivity contribution is 5.90. The Morgan fingerprint density at radius 2 is 1.97 bits per heavy atom. The van der Waals surface area contributed by atoms with Crippen molar-refractivity contribution >= 4 is 28.3 Å². The summed E-state index contributed by atoms with van der Waals surface area (Å²) < 4.78 is 40.5. The van der Waals surface area contributed by atoms with Gasteiger partial charge in [-0.2, -0.15) is 13.2 Å². The molecule has 1 N–H and O–H groups in total. The summed E-state index contributed by atoms with van der Waals surface area (Å²) in [4.78, 5) is 27.6. The second-order valence-corrected chi connectivity index (χ2v) is 10.1. The third-order valence-corrected chi connectivity index (χ3v) is 7.60. The summed E-state index contributed by atoms with van der Waals surface area (Å²) in [6.45, 7) is 7.86. The van der Waals surface area contributed by atoms with Gasteiger partial charge in [0.25, 0.3) is 0 Å². The van der Waals surface area contributed by atoms with Gasteiger partial charge < -0.3 is 10.2 Å². The van der Waals surface area contributed by atoms with E-state index in [9.17, 15) is 18.0 Å². The molecular weight excluding hydrogens is 491 g/mol. The van der Waals surface area contributed by atoms with Gasteiger partial charge in [0.2, 0.25) is 5.91 Å². The third-order valence-electron chi connectivity index (χ3n) is 7.60. The van der Waals surface area contributed by atoms with Crippen LogP contribution in [0.25, 0.3) is 16.6 Å². The van der Waals surface area contributed by atoms with Crippen LogP contribution in [0.1, 0.15) is 54.4 Å². The predicted octanol–water partition coefficient (Wildman–Crippen LogP) is 6.27. The Hall–Kier alpha value is -3.75. The molecule has 1 amide bonds. The molecule has 1 aromatic carbocycles. The highest BCUT2D eigenvalue weighted by Crippen LogP contribution is 2.40. The molecule has 198 valence electrons. The van der Waals surface area contributed by atoms with Crippen molar-refractivity contribution in [1.29, 1.82) is 0 Å². The molecule has 0 spiro atoms. The minimum atomic E-state index is -4.42. The molecule has 0 saturated carbocycles. The number of aryl methyl sites for hydroxylation is 1. The molecule has 0 bridgehead atoms. The van der Waals surface area contributed by atoms with Crippen molar-refractivity contribution in [2.45, 2.75) is 46.3 Å². The lowest BCUT2D eigenvalue weighted by Gasteiger charge is -2.38. The van der Waals surface area contributed by atoms with Gasteiger partial charge in [0, 0.05) is 32.1 Å². The Bertz CT molecular complexity index is 1460. The second kappa shape index (κ2) is 9.85. The first-order valence-corrected chi connectivity index (χ1v) is 12.7. The number of carbonyl (C=O) groups is 1. The van der Waals surface area contributed by atoms with Crippen molar-refractivity contribution in [2.75, 3.05) is 18.4 Å². The van der Waals surface area contributed by atoms with Gasteiger partial charge in [-0.25, -0.2) is 15.0 Å². The first-order valence-electron chi connectivity index (χ1n) is 12.7. The molecule has 0 fully saturated rings. The molecule has 5 rings (SSSR count). The summed E-state index contributed by atoms with van der Waals surface area (Å²) in [5.74, 6) is 1.61. The monoisotopic (exact) mass is 521 g/mol. The van der Waals surface area contributed by atoms with Gasteiger partial charge in [-0.15, -0.1) is 0 Å². The number of anilines is 1. The number of alkyl halides is 3. The van der Waals surface area contributed by atoms with E-state index in [-0.39, 0.29) is 17.4 Å². The average Bonchev–Trinajstić information content (AvgIpc) is 2.82. The highest BCUT2D eigenvalue weighted by atomic mass is 19.4. The van der Waals surface area contributed by atoms with Gasteiger partial charge in [0.1, 0.15) is 11.6 Å². The van der Waals surface area contributed by atoms with Gasteiger partial charge in [-0.3, -0.25) is 4.79 Å². The summed E-state index contributed by atoms with van der Waals surface area (Å²) in [6, 6.07) is 5.79. The topological polar surface area (TPSA) is 71.0 Å². The third kappa shape index (κ3) is 4.89. The van der Waals surface area contributed by atoms with Crippen molar-refractivity contribution in [3.63, 3.8) is 0 Å². The number of benzene rings is 1. The second-order valence-electron chi connectivity index (χ2n) is 10.1. The molecule has 0 radical (unpaired) electrons. The molecule has 2 aliphatic rings. The van der Waals surface area contributed by atoms with Crippen LogP contribution in [0, 0.1) is 25.7 Å². The molecule has 3 heterocycles. The first kappa shape index (κ1) is 25.9. The number of nitrogens with one attached hydrogen (secondary N) is 1. The Morgan fingerprint density at radius 3 is 2.63 bits per heavy atom. The van der Waals surface area contributed by atoms with Crippen LogP contribution >= 0.6 is 0 Å². The van der Waals surface area contributed by atoms with Crippen LogP contribution in [-0.4, -0.2) is 38.8 Å². The molecule has 3 aromatic rings. The fourth-order valence-corrected chi connectivity index (χ4v) is 5.42. The SMILES string of the molecule is CC(=O)N1CC=C(c2cnc3nc(C)nc(N[C@H](C)c4cccc(C(F)(F)F)c4C)c3c2)C(C2C=CC2)C1. The number of carbonyl (C=O) groups excluding carboxylic acids is 1. The van der Waals surface area contributed by atoms with Crippen molar-refractivity contribution in [3.05, 3.63) is 76.8 Å². The summed E-state index contributed by atoms with van der Waals surface area (Å²) in [5, 5.41) is 4.02. The summed E-state index contributed by atoms with van der Waals surface area (Å²) in [6.07, 6.45) is 4.79. The van der Waals surface area contributed by atoms with E-state index in [4.69, 9.17) is 0 Å². The largest absolute Gasteiger partial charge is 0.416 e. The van der Waals surface area contributed by atoms with E-state index in [2.05, 4.69) is 38.5 Å². The van der Waals surface area contributed by atoms with E-state index >= 15 is 0 Å². The number of amides is 1. The lowest BCUT2D eigenvalue weighted by molar-refractivity contribution is -0.138. The number of pyridine rings is 1. The Morgan fingerprint density at radius 1 is 1.21 bits per heavy atom. The number of hydrogen-bond donors (Lipinski definition) is 1. The van der Waals surface area contributed by atoms with Crippen LogP contribution in [-0.2, 0) is 11.0 Å². The molecule has 3 atom stereocenters. The standard InChI is InChI=1S/C29H30F3N5O/c1-16-22(9-6-10-26(16)29(30,31)32)17(2)34-28-24-13-21(14-33-27(24)35-18(3)36-28)23-11-12-37(19(4)38)15-25(23)20-7-5-8-20/h5-7,9-11,13-14,17,20,25H,8,12,15H2,1-4H3,(H,33,34,35,36)/t17-,20?,25?/m1/s1. The number of rotatable bonds is 5. The summed E-state index contributed by atoms with van der Waals surface area (Å²) in [7, 11) is 0. The quantitative estimate of drug-likeness (QED) is 0.401. The van der Waals surface area contributed by atoms with Crippen LogP contribution in [0.5, 0.6) is 0 Å². The Labute approximate surface area is 219 Å². The number of aromatic nitrogens is 3. The van der Waals surface area contributed by atoms with Gasteiger partial charge in [0.05, 0.1) is 17.0 Å². The fourth-order valence-electron chi connectivity index (χ4n) is 5.42. The zero-order chi connectivity index (χ0) is 27.2. The maximum Gasteiger partial charge on any atom is 0.416 e. The predicted molar refractivity (Wildman–Crippen MR) is 141 cm³/mol. The molecule has 38 heavy (non-hydrogen) atoms. The smallest absolute Gasteiger partial charge is 0.363 e. The lowest BCUT2D eigenvalue weighted by atomic mass is 9.75. The molecule has 1 aliphatic heterocycles. The van der Waals surface area contributed by atoms with E-state index in [1.165, 1.54) is 13.0 Å². The Balaban J connectivity index is 1.53. The maximum atomic E-state index is 13.5. The highest BCUT2D eigenvalue weighted by Gasteiger charge is 2.34. The van der Waals surface area contributed by atoms with Crippen molar-refractivity contribution in [3.8, 4) is 0 Å². The Kier molecular flexibility index (Phi) is 6.71. The zero-order valence-electron chi connectivity index (χ0n) is 21.8. The molecule has 1 aliphatic carbocycles. The van der Waals surface area contributed by atoms with Crippen molar-refractivity contribution < 1.29 is 18.0 Å². The fraction of sp³-hybridized carbons (Fsp3) is 0.379. The minimum Gasteiger partial charge on any atom is -0.363 e. The molecule has 9 heteroatoms. The van der Waals surface area contributed by atoms with E-state index in [0.717, 1.165) is 23.6 Å². The molecular formula is C29H30F3N5O. The number of allylic oxidation sites excluding steroid dienone is 2. The van der Waals surface area contributed by atoms with Gasteiger partial charge in [-0.1, -0.05) is 30.4 Å². The number of hydrogen-bond acceptors (Lipinski definition) is 5. The van der Waals surface area contributed by atoms with Crippen LogP contribution in [0.3, 0.4) is 0 Å². The zero-order valence-corrected chi connectivity index (χ0v) is 21.8. The molecule has 6 nitrogen and oxygen atoms in total. The van der Waals surface area contributed by atoms with E-state index in [1.807, 2.05) is 24.1 Å². The minimum absolute atomic E-state index is 0.0551. The number of nitrogens with zero attached hydrogens (tertiary/aromatic N) is 4. The molecule has 0 saturated heterocycles. The van der Waals surface area contributed by atoms with Crippen LogP contribution in [0.2, 0.25) is 0 Å². The van der Waals surface area contributed by atoms with Gasteiger partial charge in [0.15, 0.2) is 5.65 Å². The number of fused-ring (bicyclic) bond motifs is 1. The first-order chi connectivity index (χ1) is 18.0. The van der Waals surface area contributed by atoms with Crippen LogP contribution in [0.15, 0.2) is 48.7 Å². The summed E-state index contributed by atoms with van der Waals surface area (Å²) >= 11 is 0. The number of halogens is 3. The van der Waals surface area contributed by atoms with Crippen molar-refractivity contribution in [1.82, 2.24) is 19.9 Å².